The number of halogens is 2. The fraction of sp³-hybridized carbons (Fsp3) is 0.462. The summed E-state index contributed by atoms with van der Waals surface area (Å²) in [4.78, 5) is 12.6. The molecule has 4 nitrogen and oxygen atoms in total. The summed E-state index contributed by atoms with van der Waals surface area (Å²) >= 11 is 0. The van der Waals surface area contributed by atoms with Gasteiger partial charge in [-0.25, -0.2) is 8.78 Å². The topological polar surface area (TPSA) is 49.8 Å². The van der Waals surface area contributed by atoms with Crippen LogP contribution in [0.25, 0.3) is 0 Å². The van der Waals surface area contributed by atoms with Gasteiger partial charge >= 0.3 is 5.97 Å². The van der Waals surface area contributed by atoms with Crippen LogP contribution in [0.3, 0.4) is 0 Å². The van der Waals surface area contributed by atoms with Crippen molar-refractivity contribution >= 4 is 5.97 Å². The Bertz CT molecular complexity index is 467. The molecule has 1 atom stereocenters. The molecular formula is C13H15F2NO3. The van der Waals surface area contributed by atoms with Gasteiger partial charge in [0.05, 0.1) is 19.1 Å². The summed E-state index contributed by atoms with van der Waals surface area (Å²) in [5.41, 5.74) is 0.662. The van der Waals surface area contributed by atoms with Crippen LogP contribution in [0.5, 0.6) is 0 Å². The van der Waals surface area contributed by atoms with E-state index in [0.717, 1.165) is 12.1 Å². The monoisotopic (exact) mass is 271 g/mol. The van der Waals surface area contributed by atoms with Gasteiger partial charge in [-0.05, 0) is 17.7 Å². The smallest absolute Gasteiger partial charge is 0.306 e. The lowest BCUT2D eigenvalue weighted by Crippen LogP contribution is -2.42. The number of hydrogen-bond donors (Lipinski definition) is 1. The van der Waals surface area contributed by atoms with Crippen molar-refractivity contribution in [3.63, 3.8) is 0 Å². The number of aliphatic carboxylic acids is 1. The molecule has 1 heterocycles. The van der Waals surface area contributed by atoms with Gasteiger partial charge in [-0.2, -0.15) is 0 Å². The number of rotatable bonds is 4. The number of morpholine rings is 1. The molecule has 6 heteroatoms. The fourth-order valence-corrected chi connectivity index (χ4v) is 2.14. The van der Waals surface area contributed by atoms with Crippen LogP contribution in [0.4, 0.5) is 8.78 Å². The van der Waals surface area contributed by atoms with E-state index in [1.807, 2.05) is 4.90 Å². The summed E-state index contributed by atoms with van der Waals surface area (Å²) in [7, 11) is 0. The third-order valence-corrected chi connectivity index (χ3v) is 3.02. The van der Waals surface area contributed by atoms with E-state index in [0.29, 0.717) is 31.8 Å². The minimum atomic E-state index is -0.903. The summed E-state index contributed by atoms with van der Waals surface area (Å²) in [6.45, 7) is 2.03. The Hall–Kier alpha value is -1.53. The van der Waals surface area contributed by atoms with Gasteiger partial charge in [0.2, 0.25) is 0 Å². The molecule has 1 unspecified atom stereocenters. The molecule has 104 valence electrons. The number of benzene rings is 1. The minimum Gasteiger partial charge on any atom is -0.481 e. The maximum Gasteiger partial charge on any atom is 0.306 e. The van der Waals surface area contributed by atoms with Crippen LogP contribution >= 0.6 is 0 Å². The zero-order valence-electron chi connectivity index (χ0n) is 10.3. The van der Waals surface area contributed by atoms with E-state index in [-0.39, 0.29) is 12.5 Å². The van der Waals surface area contributed by atoms with E-state index < -0.39 is 17.6 Å². The average Bonchev–Trinajstić information content (AvgIpc) is 2.33. The molecule has 1 aliphatic rings. The third kappa shape index (κ3) is 3.97. The first-order chi connectivity index (χ1) is 9.04. The summed E-state index contributed by atoms with van der Waals surface area (Å²) < 4.78 is 31.2. The second kappa shape index (κ2) is 6.08. The number of carboxylic acids is 1. The second-order valence-corrected chi connectivity index (χ2v) is 4.57. The summed E-state index contributed by atoms with van der Waals surface area (Å²) in [6, 6.07) is 3.79. The molecular weight excluding hydrogens is 256 g/mol. The molecule has 0 bridgehead atoms. The highest BCUT2D eigenvalue weighted by molar-refractivity contribution is 5.67. The zero-order valence-corrected chi connectivity index (χ0v) is 10.3. The molecule has 0 spiro atoms. The lowest BCUT2D eigenvalue weighted by molar-refractivity contribution is -0.142. The van der Waals surface area contributed by atoms with Gasteiger partial charge in [-0.15, -0.1) is 0 Å². The van der Waals surface area contributed by atoms with Crippen LogP contribution in [-0.2, 0) is 16.1 Å². The molecule has 0 saturated carbocycles. The summed E-state index contributed by atoms with van der Waals surface area (Å²) in [5, 5.41) is 8.72. The fourth-order valence-electron chi connectivity index (χ4n) is 2.14. The van der Waals surface area contributed by atoms with Crippen molar-refractivity contribution in [1.82, 2.24) is 4.90 Å². The van der Waals surface area contributed by atoms with Crippen molar-refractivity contribution in [1.29, 1.82) is 0 Å². The molecule has 19 heavy (non-hydrogen) atoms. The largest absolute Gasteiger partial charge is 0.481 e. The molecule has 1 N–H and O–H groups in total. The van der Waals surface area contributed by atoms with E-state index in [9.17, 15) is 13.6 Å². The van der Waals surface area contributed by atoms with Crippen LogP contribution in [0, 0.1) is 11.6 Å². The molecule has 1 aromatic rings. The Morgan fingerprint density at radius 2 is 2.21 bits per heavy atom. The van der Waals surface area contributed by atoms with E-state index in [4.69, 9.17) is 9.84 Å². The molecule has 1 aliphatic heterocycles. The molecule has 1 aromatic carbocycles. The Labute approximate surface area is 109 Å². The van der Waals surface area contributed by atoms with E-state index in [1.165, 1.54) is 6.07 Å². The van der Waals surface area contributed by atoms with Crippen LogP contribution in [0.1, 0.15) is 12.0 Å². The van der Waals surface area contributed by atoms with E-state index in [1.54, 1.807) is 0 Å². The maximum atomic E-state index is 13.1. The molecule has 0 radical (unpaired) electrons. The average molecular weight is 271 g/mol. The van der Waals surface area contributed by atoms with Gasteiger partial charge in [0, 0.05) is 19.6 Å². The van der Waals surface area contributed by atoms with E-state index >= 15 is 0 Å². The van der Waals surface area contributed by atoms with Crippen LogP contribution in [0.2, 0.25) is 0 Å². The SMILES string of the molecule is O=C(O)CC1CN(Cc2ccc(F)c(F)c2)CCO1. The van der Waals surface area contributed by atoms with Gasteiger partial charge in [-0.1, -0.05) is 6.07 Å². The Morgan fingerprint density at radius 1 is 1.42 bits per heavy atom. The first kappa shape index (κ1) is 13.9. The van der Waals surface area contributed by atoms with Crippen molar-refractivity contribution in [3.8, 4) is 0 Å². The van der Waals surface area contributed by atoms with E-state index in [2.05, 4.69) is 0 Å². The highest BCUT2D eigenvalue weighted by atomic mass is 19.2. The van der Waals surface area contributed by atoms with Gasteiger partial charge in [0.15, 0.2) is 11.6 Å². The van der Waals surface area contributed by atoms with Gasteiger partial charge < -0.3 is 9.84 Å². The van der Waals surface area contributed by atoms with Crippen LogP contribution in [-0.4, -0.2) is 41.8 Å². The Balaban J connectivity index is 1.94. The highest BCUT2D eigenvalue weighted by Crippen LogP contribution is 2.14. The van der Waals surface area contributed by atoms with Crippen molar-refractivity contribution in [2.45, 2.75) is 19.1 Å². The van der Waals surface area contributed by atoms with Crippen LogP contribution < -0.4 is 0 Å². The third-order valence-electron chi connectivity index (χ3n) is 3.02. The van der Waals surface area contributed by atoms with Crippen LogP contribution in [0.15, 0.2) is 18.2 Å². The Kier molecular flexibility index (Phi) is 4.44. The predicted octanol–water partition coefficient (Wildman–Crippen LogP) is 1.64. The van der Waals surface area contributed by atoms with Gasteiger partial charge in [0.25, 0.3) is 0 Å². The first-order valence-electron chi connectivity index (χ1n) is 6.04. The lowest BCUT2D eigenvalue weighted by atomic mass is 10.1. The molecule has 1 saturated heterocycles. The first-order valence-corrected chi connectivity index (χ1v) is 6.04. The normalized spacial score (nSPS) is 20.4. The molecule has 0 aliphatic carbocycles. The van der Waals surface area contributed by atoms with Gasteiger partial charge in [-0.3, -0.25) is 9.69 Å². The molecule has 0 aromatic heterocycles. The zero-order chi connectivity index (χ0) is 13.8. The van der Waals surface area contributed by atoms with Crippen molar-refractivity contribution in [3.05, 3.63) is 35.4 Å². The lowest BCUT2D eigenvalue weighted by Gasteiger charge is -2.32. The highest BCUT2D eigenvalue weighted by Gasteiger charge is 2.22. The number of ether oxygens (including phenoxy) is 1. The molecule has 1 fully saturated rings. The second-order valence-electron chi connectivity index (χ2n) is 4.57. The standard InChI is InChI=1S/C13H15F2NO3/c14-11-2-1-9(5-12(11)15)7-16-3-4-19-10(8-16)6-13(17)18/h1-2,5,10H,3-4,6-8H2,(H,17,18). The predicted molar refractivity (Wildman–Crippen MR) is 63.6 cm³/mol. The number of nitrogens with zero attached hydrogens (tertiary/aromatic N) is 1. The maximum absolute atomic E-state index is 13.1. The van der Waals surface area contributed by atoms with Gasteiger partial charge in [0.1, 0.15) is 0 Å². The van der Waals surface area contributed by atoms with Crippen molar-refractivity contribution < 1.29 is 23.4 Å². The number of hydrogen-bond acceptors (Lipinski definition) is 3. The Morgan fingerprint density at radius 3 is 2.89 bits per heavy atom. The summed E-state index contributed by atoms with van der Waals surface area (Å²) in [5.74, 6) is -2.64. The molecule has 0 amide bonds. The van der Waals surface area contributed by atoms with Crippen molar-refractivity contribution in [2.75, 3.05) is 19.7 Å². The number of carboxylic acid groups (broad SMARTS) is 1. The van der Waals surface area contributed by atoms with Crippen molar-refractivity contribution in [2.24, 2.45) is 0 Å². The minimum absolute atomic E-state index is 0.0473. The molecule has 2 rings (SSSR count). The quantitative estimate of drug-likeness (QED) is 0.904. The number of carbonyl (C=O) groups is 1. The summed E-state index contributed by atoms with van der Waals surface area (Å²) in [6.07, 6.45) is -0.398.